The number of rotatable bonds is 6. The van der Waals surface area contributed by atoms with Crippen molar-refractivity contribution in [3.05, 3.63) is 18.2 Å². The number of hydrogen-bond acceptors (Lipinski definition) is 2. The minimum atomic E-state index is 0.110. The van der Waals surface area contributed by atoms with Crippen LogP contribution in [0.4, 0.5) is 0 Å². The van der Waals surface area contributed by atoms with Crippen LogP contribution >= 0.6 is 0 Å². The summed E-state index contributed by atoms with van der Waals surface area (Å²) in [5.41, 5.74) is 7.27. The molecule has 0 fully saturated rings. The van der Waals surface area contributed by atoms with Gasteiger partial charge in [0, 0.05) is 18.3 Å². The third-order valence-electron chi connectivity index (χ3n) is 3.69. The molecule has 0 amide bonds. The van der Waals surface area contributed by atoms with Crippen LogP contribution in [0.3, 0.4) is 0 Å². The van der Waals surface area contributed by atoms with Gasteiger partial charge in [-0.2, -0.15) is 0 Å². The average Bonchev–Trinajstić information content (AvgIpc) is 2.78. The summed E-state index contributed by atoms with van der Waals surface area (Å²) >= 11 is 0. The Morgan fingerprint density at radius 2 is 1.88 bits per heavy atom. The third kappa shape index (κ3) is 2.64. The summed E-state index contributed by atoms with van der Waals surface area (Å²) in [6, 6.07) is 0.601. The standard InChI is InChI=1S/C13H25N3/c1-5-11(6-2)10(4)16-9-15-8-13(16)12(14)7-3/h8-12H,5-7,14H2,1-4H3/t10?,12-/m1/s1. The Hall–Kier alpha value is -0.830. The van der Waals surface area contributed by atoms with Crippen molar-refractivity contribution < 1.29 is 0 Å². The van der Waals surface area contributed by atoms with E-state index in [2.05, 4.69) is 37.2 Å². The molecule has 0 aliphatic carbocycles. The topological polar surface area (TPSA) is 43.8 Å². The predicted octanol–water partition coefficient (Wildman–Crippen LogP) is 3.29. The SMILES string of the molecule is CCC(CC)C(C)n1cncc1[C@H](N)CC. The first-order chi connectivity index (χ1) is 7.65. The highest BCUT2D eigenvalue weighted by Crippen LogP contribution is 2.27. The minimum Gasteiger partial charge on any atom is -0.330 e. The molecule has 0 radical (unpaired) electrons. The average molecular weight is 223 g/mol. The van der Waals surface area contributed by atoms with Gasteiger partial charge >= 0.3 is 0 Å². The zero-order chi connectivity index (χ0) is 12.1. The lowest BCUT2D eigenvalue weighted by Crippen LogP contribution is -2.21. The maximum absolute atomic E-state index is 6.10. The summed E-state index contributed by atoms with van der Waals surface area (Å²) in [5, 5.41) is 0. The first-order valence-corrected chi connectivity index (χ1v) is 6.42. The van der Waals surface area contributed by atoms with Crippen LogP contribution in [0.25, 0.3) is 0 Å². The lowest BCUT2D eigenvalue weighted by Gasteiger charge is -2.26. The Morgan fingerprint density at radius 1 is 1.25 bits per heavy atom. The molecule has 1 rings (SSSR count). The van der Waals surface area contributed by atoms with Crippen LogP contribution in [0.2, 0.25) is 0 Å². The van der Waals surface area contributed by atoms with Gasteiger partial charge in [0.25, 0.3) is 0 Å². The fraction of sp³-hybridized carbons (Fsp3) is 0.769. The van der Waals surface area contributed by atoms with E-state index in [9.17, 15) is 0 Å². The van der Waals surface area contributed by atoms with E-state index in [4.69, 9.17) is 5.73 Å². The molecule has 3 heteroatoms. The second-order valence-corrected chi connectivity index (χ2v) is 4.56. The van der Waals surface area contributed by atoms with Gasteiger partial charge in [0.15, 0.2) is 0 Å². The molecular formula is C13H25N3. The van der Waals surface area contributed by atoms with Crippen molar-refractivity contribution in [1.82, 2.24) is 9.55 Å². The molecule has 0 aliphatic heterocycles. The number of imidazole rings is 1. The molecule has 2 N–H and O–H groups in total. The van der Waals surface area contributed by atoms with E-state index in [-0.39, 0.29) is 6.04 Å². The molecule has 0 saturated carbocycles. The van der Waals surface area contributed by atoms with Crippen LogP contribution in [-0.2, 0) is 0 Å². The first kappa shape index (κ1) is 13.2. The van der Waals surface area contributed by atoms with E-state index in [1.807, 2.05) is 12.5 Å². The molecule has 3 nitrogen and oxygen atoms in total. The number of hydrogen-bond donors (Lipinski definition) is 1. The van der Waals surface area contributed by atoms with Crippen molar-refractivity contribution >= 4 is 0 Å². The summed E-state index contributed by atoms with van der Waals surface area (Å²) in [6.45, 7) is 8.89. The van der Waals surface area contributed by atoms with Crippen LogP contribution in [0, 0.1) is 5.92 Å². The fourth-order valence-electron chi connectivity index (χ4n) is 2.35. The predicted molar refractivity (Wildman–Crippen MR) is 68.2 cm³/mol. The molecule has 1 aromatic heterocycles. The third-order valence-corrected chi connectivity index (χ3v) is 3.69. The summed E-state index contributed by atoms with van der Waals surface area (Å²) in [6.07, 6.45) is 7.20. The molecule has 1 aromatic rings. The van der Waals surface area contributed by atoms with E-state index < -0.39 is 0 Å². The molecule has 1 heterocycles. The molecule has 2 atom stereocenters. The van der Waals surface area contributed by atoms with Crippen LogP contribution < -0.4 is 5.73 Å². The monoisotopic (exact) mass is 223 g/mol. The van der Waals surface area contributed by atoms with E-state index >= 15 is 0 Å². The van der Waals surface area contributed by atoms with Gasteiger partial charge < -0.3 is 10.3 Å². The Kier molecular flexibility index (Phi) is 5.00. The Balaban J connectivity index is 2.90. The fourth-order valence-corrected chi connectivity index (χ4v) is 2.35. The smallest absolute Gasteiger partial charge is 0.0951 e. The normalized spacial score (nSPS) is 15.4. The van der Waals surface area contributed by atoms with Gasteiger partial charge in [0.2, 0.25) is 0 Å². The number of nitrogens with zero attached hydrogens (tertiary/aromatic N) is 2. The van der Waals surface area contributed by atoms with Crippen LogP contribution in [0.5, 0.6) is 0 Å². The number of nitrogens with two attached hydrogens (primary N) is 1. The zero-order valence-electron chi connectivity index (χ0n) is 11.0. The Morgan fingerprint density at radius 3 is 2.38 bits per heavy atom. The highest BCUT2D eigenvalue weighted by molar-refractivity contribution is 5.06. The van der Waals surface area contributed by atoms with Crippen molar-refractivity contribution in [1.29, 1.82) is 0 Å². The van der Waals surface area contributed by atoms with Gasteiger partial charge in [-0.05, 0) is 19.3 Å². The highest BCUT2D eigenvalue weighted by Gasteiger charge is 2.19. The van der Waals surface area contributed by atoms with Crippen LogP contribution in [-0.4, -0.2) is 9.55 Å². The molecule has 0 aliphatic rings. The molecule has 0 spiro atoms. The molecule has 92 valence electrons. The molecular weight excluding hydrogens is 198 g/mol. The van der Waals surface area contributed by atoms with E-state index in [1.54, 1.807) is 0 Å². The quantitative estimate of drug-likeness (QED) is 0.804. The van der Waals surface area contributed by atoms with E-state index in [0.29, 0.717) is 12.0 Å². The highest BCUT2D eigenvalue weighted by atomic mass is 15.1. The lowest BCUT2D eigenvalue weighted by molar-refractivity contribution is 0.323. The Labute approximate surface area is 99.1 Å². The van der Waals surface area contributed by atoms with Crippen molar-refractivity contribution in [3.8, 4) is 0 Å². The molecule has 1 unspecified atom stereocenters. The maximum atomic E-state index is 6.10. The van der Waals surface area contributed by atoms with Crippen molar-refractivity contribution in [3.63, 3.8) is 0 Å². The lowest BCUT2D eigenvalue weighted by atomic mass is 9.95. The van der Waals surface area contributed by atoms with Crippen LogP contribution in [0.1, 0.15) is 64.7 Å². The van der Waals surface area contributed by atoms with Gasteiger partial charge in [0.05, 0.1) is 12.0 Å². The largest absolute Gasteiger partial charge is 0.330 e. The molecule has 16 heavy (non-hydrogen) atoms. The minimum absolute atomic E-state index is 0.110. The summed E-state index contributed by atoms with van der Waals surface area (Å²) in [7, 11) is 0. The Bertz CT molecular complexity index is 302. The first-order valence-electron chi connectivity index (χ1n) is 6.42. The van der Waals surface area contributed by atoms with Gasteiger partial charge in [-0.15, -0.1) is 0 Å². The summed E-state index contributed by atoms with van der Waals surface area (Å²) in [5.74, 6) is 0.706. The zero-order valence-corrected chi connectivity index (χ0v) is 11.0. The van der Waals surface area contributed by atoms with Crippen LogP contribution in [0.15, 0.2) is 12.5 Å². The van der Waals surface area contributed by atoms with E-state index in [0.717, 1.165) is 6.42 Å². The van der Waals surface area contributed by atoms with Crippen molar-refractivity contribution in [2.24, 2.45) is 11.7 Å². The molecule has 0 bridgehead atoms. The van der Waals surface area contributed by atoms with Gasteiger partial charge in [0.1, 0.15) is 0 Å². The maximum Gasteiger partial charge on any atom is 0.0951 e. The second kappa shape index (κ2) is 6.04. The molecule has 0 saturated heterocycles. The molecule has 0 aromatic carbocycles. The van der Waals surface area contributed by atoms with Gasteiger partial charge in [-0.3, -0.25) is 0 Å². The second-order valence-electron chi connectivity index (χ2n) is 4.56. The summed E-state index contributed by atoms with van der Waals surface area (Å²) < 4.78 is 2.26. The van der Waals surface area contributed by atoms with Crippen molar-refractivity contribution in [2.45, 2.75) is 59.0 Å². The van der Waals surface area contributed by atoms with E-state index in [1.165, 1.54) is 18.5 Å². The summed E-state index contributed by atoms with van der Waals surface area (Å²) in [4.78, 5) is 4.25. The van der Waals surface area contributed by atoms with Gasteiger partial charge in [-0.25, -0.2) is 4.98 Å². The van der Waals surface area contributed by atoms with Gasteiger partial charge in [-0.1, -0.05) is 33.6 Å². The van der Waals surface area contributed by atoms with Crippen molar-refractivity contribution in [2.75, 3.05) is 0 Å². The number of aromatic nitrogens is 2.